The molecule has 5 rings (SSSR count). The molecule has 2 aromatic carbocycles. The molecule has 43 heavy (non-hydrogen) atoms. The van der Waals surface area contributed by atoms with Crippen molar-refractivity contribution in [2.75, 3.05) is 23.1 Å². The summed E-state index contributed by atoms with van der Waals surface area (Å²) in [5.41, 5.74) is -1.88. The molecule has 3 N–H and O–H groups in total. The van der Waals surface area contributed by atoms with Gasteiger partial charge in [0.25, 0.3) is 0 Å². The first kappa shape index (κ1) is 30.0. The SMILES string of the molecule is O=S(=O)(Cc1c(F)cccc1F)Nc1c(F)cc(Oc2ncccc2-c2ccnc(N[C@@H]3CNC[C@@H](F)C3)n2)c(F)c1F. The molecule has 1 saturated heterocycles. The molecule has 1 fully saturated rings. The van der Waals surface area contributed by atoms with Gasteiger partial charge in [0.05, 0.1) is 11.3 Å². The molecule has 3 heterocycles. The van der Waals surface area contributed by atoms with E-state index in [1.807, 2.05) is 0 Å². The van der Waals surface area contributed by atoms with Crippen molar-refractivity contribution in [3.63, 3.8) is 0 Å². The van der Waals surface area contributed by atoms with Crippen LogP contribution in [0.2, 0.25) is 0 Å². The molecule has 0 saturated carbocycles. The van der Waals surface area contributed by atoms with Crippen LogP contribution in [0.15, 0.2) is 54.9 Å². The average molecular weight is 625 g/mol. The van der Waals surface area contributed by atoms with Gasteiger partial charge in [0.1, 0.15) is 29.2 Å². The number of nitrogens with one attached hydrogen (secondary N) is 3. The molecule has 0 radical (unpaired) electrons. The molecule has 1 aliphatic rings. The van der Waals surface area contributed by atoms with Crippen molar-refractivity contribution >= 4 is 21.7 Å². The van der Waals surface area contributed by atoms with Gasteiger partial charge >= 0.3 is 0 Å². The summed E-state index contributed by atoms with van der Waals surface area (Å²) in [6, 6.07) is 7.18. The molecule has 0 spiro atoms. The minimum Gasteiger partial charge on any atom is -0.435 e. The fraction of sp³-hybridized carbons (Fsp3) is 0.222. The standard InChI is InChI=1S/C27H22F6N6O3S/c28-14-9-15(12-34-11-14)37-27-36-8-6-21(38-27)16-3-2-7-35-26(16)42-22-10-20(31)25(24(33)23(22)32)39-43(40,41)13-17-18(29)4-1-5-19(17)30/h1-8,10,14-15,34,39H,9,11-13H2,(H,36,37,38)/t14-,15-/m0/s1. The number of halogens is 6. The maximum Gasteiger partial charge on any atom is 0.237 e. The Kier molecular flexibility index (Phi) is 8.68. The molecular formula is C27H22F6N6O3S. The first-order valence-corrected chi connectivity index (χ1v) is 14.3. The van der Waals surface area contributed by atoms with E-state index in [-0.39, 0.29) is 42.1 Å². The van der Waals surface area contributed by atoms with E-state index in [9.17, 15) is 30.4 Å². The minimum atomic E-state index is -4.80. The Morgan fingerprint density at radius 2 is 1.70 bits per heavy atom. The lowest BCUT2D eigenvalue weighted by Crippen LogP contribution is -2.44. The number of ether oxygens (including phenoxy) is 1. The van der Waals surface area contributed by atoms with Gasteiger partial charge in [0.2, 0.25) is 27.7 Å². The van der Waals surface area contributed by atoms with Crippen LogP contribution in [0, 0.1) is 29.1 Å². The number of alkyl halides is 1. The molecule has 4 aromatic rings. The van der Waals surface area contributed by atoms with Crippen molar-refractivity contribution < 1.29 is 39.5 Å². The van der Waals surface area contributed by atoms with E-state index < -0.39 is 68.0 Å². The second kappa shape index (κ2) is 12.4. The van der Waals surface area contributed by atoms with Gasteiger partial charge in [-0.25, -0.2) is 45.3 Å². The maximum absolute atomic E-state index is 15.0. The molecule has 0 aliphatic carbocycles. The number of nitrogens with zero attached hydrogens (tertiary/aromatic N) is 3. The fourth-order valence-corrected chi connectivity index (χ4v) is 5.55. The number of hydrogen-bond acceptors (Lipinski definition) is 8. The first-order valence-electron chi connectivity index (χ1n) is 12.7. The molecular weight excluding hydrogens is 602 g/mol. The molecule has 1 aliphatic heterocycles. The first-order chi connectivity index (χ1) is 20.5. The summed E-state index contributed by atoms with van der Waals surface area (Å²) in [7, 11) is -4.80. The largest absolute Gasteiger partial charge is 0.435 e. The van der Waals surface area contributed by atoms with E-state index in [1.54, 1.807) is 0 Å². The highest BCUT2D eigenvalue weighted by atomic mass is 32.2. The number of hydrogen-bond donors (Lipinski definition) is 3. The lowest BCUT2D eigenvalue weighted by molar-refractivity contribution is 0.254. The van der Waals surface area contributed by atoms with Crippen LogP contribution in [0.5, 0.6) is 11.6 Å². The smallest absolute Gasteiger partial charge is 0.237 e. The summed E-state index contributed by atoms with van der Waals surface area (Å²) in [5, 5.41) is 5.96. The third-order valence-corrected chi connectivity index (χ3v) is 7.50. The number of rotatable bonds is 9. The zero-order valence-corrected chi connectivity index (χ0v) is 22.7. The van der Waals surface area contributed by atoms with Crippen LogP contribution in [0.25, 0.3) is 11.3 Å². The van der Waals surface area contributed by atoms with Crippen molar-refractivity contribution in [3.05, 3.63) is 89.5 Å². The van der Waals surface area contributed by atoms with E-state index in [0.717, 1.165) is 18.2 Å². The van der Waals surface area contributed by atoms with E-state index >= 15 is 4.39 Å². The van der Waals surface area contributed by atoms with Crippen LogP contribution in [0.4, 0.5) is 38.0 Å². The molecule has 9 nitrogen and oxygen atoms in total. The monoisotopic (exact) mass is 624 g/mol. The summed E-state index contributed by atoms with van der Waals surface area (Å²) in [5.74, 6) is -10.2. The van der Waals surface area contributed by atoms with Gasteiger partial charge in [-0.1, -0.05) is 6.07 Å². The van der Waals surface area contributed by atoms with E-state index in [1.165, 1.54) is 35.3 Å². The molecule has 226 valence electrons. The fourth-order valence-electron chi connectivity index (χ4n) is 4.32. The maximum atomic E-state index is 15.0. The van der Waals surface area contributed by atoms with Crippen LogP contribution in [0.1, 0.15) is 12.0 Å². The van der Waals surface area contributed by atoms with Gasteiger partial charge < -0.3 is 15.4 Å². The molecule has 2 aromatic heterocycles. The number of pyridine rings is 1. The molecule has 0 bridgehead atoms. The van der Waals surface area contributed by atoms with E-state index in [2.05, 4.69) is 25.6 Å². The van der Waals surface area contributed by atoms with Crippen LogP contribution < -0.4 is 20.1 Å². The van der Waals surface area contributed by atoms with Gasteiger partial charge in [-0.15, -0.1) is 0 Å². The Hall–Kier alpha value is -4.44. The van der Waals surface area contributed by atoms with Gasteiger partial charge in [-0.2, -0.15) is 4.39 Å². The predicted octanol–water partition coefficient (Wildman–Crippen LogP) is 5.08. The lowest BCUT2D eigenvalue weighted by atomic mass is 10.1. The van der Waals surface area contributed by atoms with Crippen molar-refractivity contribution in [3.8, 4) is 22.9 Å². The molecule has 2 atom stereocenters. The van der Waals surface area contributed by atoms with Crippen LogP contribution in [-0.2, 0) is 15.8 Å². The van der Waals surface area contributed by atoms with Crippen molar-refractivity contribution in [2.24, 2.45) is 0 Å². The van der Waals surface area contributed by atoms with Crippen molar-refractivity contribution in [1.29, 1.82) is 0 Å². The zero-order valence-electron chi connectivity index (χ0n) is 21.9. The summed E-state index contributed by atoms with van der Waals surface area (Å²) in [6.45, 7) is 0.728. The van der Waals surface area contributed by atoms with Crippen LogP contribution in [-0.4, -0.2) is 48.7 Å². The number of aromatic nitrogens is 3. The highest BCUT2D eigenvalue weighted by Gasteiger charge is 2.27. The number of sulfonamides is 1. The van der Waals surface area contributed by atoms with Crippen molar-refractivity contribution in [1.82, 2.24) is 20.3 Å². The molecule has 16 heteroatoms. The third-order valence-electron chi connectivity index (χ3n) is 6.32. The summed E-state index contributed by atoms with van der Waals surface area (Å²) < 4.78 is 118. The summed E-state index contributed by atoms with van der Waals surface area (Å²) in [6.07, 6.45) is 1.87. The average Bonchev–Trinajstić information content (AvgIpc) is 2.96. The Bertz CT molecular complexity index is 1740. The Morgan fingerprint density at radius 3 is 2.44 bits per heavy atom. The highest BCUT2D eigenvalue weighted by molar-refractivity contribution is 7.91. The molecule has 0 amide bonds. The van der Waals surface area contributed by atoms with Gasteiger partial charge in [0.15, 0.2) is 17.4 Å². The number of benzene rings is 2. The third kappa shape index (κ3) is 6.97. The summed E-state index contributed by atoms with van der Waals surface area (Å²) >= 11 is 0. The summed E-state index contributed by atoms with van der Waals surface area (Å²) in [4.78, 5) is 12.5. The number of piperidine rings is 1. The van der Waals surface area contributed by atoms with Crippen LogP contribution >= 0.6 is 0 Å². The normalized spacial score (nSPS) is 17.0. The second-order valence-corrected chi connectivity index (χ2v) is 11.2. The molecule has 0 unspecified atom stereocenters. The highest BCUT2D eigenvalue weighted by Crippen LogP contribution is 2.36. The van der Waals surface area contributed by atoms with Gasteiger partial charge in [-0.05, 0) is 30.3 Å². The lowest BCUT2D eigenvalue weighted by Gasteiger charge is -2.26. The predicted molar refractivity (Wildman–Crippen MR) is 144 cm³/mol. The minimum absolute atomic E-state index is 0.156. The zero-order chi connectivity index (χ0) is 30.7. The second-order valence-electron chi connectivity index (χ2n) is 9.48. The Morgan fingerprint density at radius 1 is 0.930 bits per heavy atom. The van der Waals surface area contributed by atoms with Crippen LogP contribution in [0.3, 0.4) is 0 Å². The quantitative estimate of drug-likeness (QED) is 0.174. The Balaban J connectivity index is 1.38. The van der Waals surface area contributed by atoms with E-state index in [4.69, 9.17) is 4.74 Å². The van der Waals surface area contributed by atoms with Crippen molar-refractivity contribution in [2.45, 2.75) is 24.4 Å². The topological polar surface area (TPSA) is 118 Å². The van der Waals surface area contributed by atoms with Gasteiger partial charge in [0, 0.05) is 49.6 Å². The van der Waals surface area contributed by atoms with E-state index in [0.29, 0.717) is 12.6 Å². The van der Waals surface area contributed by atoms with Gasteiger partial charge in [-0.3, -0.25) is 4.72 Å². The Labute approximate surface area is 241 Å². The number of anilines is 2.